The fourth-order valence-electron chi connectivity index (χ4n) is 0.584. The fourth-order valence-corrected chi connectivity index (χ4v) is 0.584. The highest BCUT2D eigenvalue weighted by Crippen LogP contribution is 2.06. The SMILES string of the molecule is CCOC(O)(CO)OCC. The average molecular weight is 150 g/mol. The lowest BCUT2D eigenvalue weighted by atomic mass is 10.6. The summed E-state index contributed by atoms with van der Waals surface area (Å²) in [5, 5.41) is 17.7. The fraction of sp³-hybridized carbons (Fsp3) is 1.00. The number of rotatable bonds is 5. The summed E-state index contributed by atoms with van der Waals surface area (Å²) in [4.78, 5) is 0. The molecule has 0 saturated heterocycles. The van der Waals surface area contributed by atoms with E-state index in [4.69, 9.17) is 19.7 Å². The Kier molecular flexibility index (Phi) is 4.55. The summed E-state index contributed by atoms with van der Waals surface area (Å²) in [6.07, 6.45) is 0. The summed E-state index contributed by atoms with van der Waals surface area (Å²) in [6, 6.07) is 0. The van der Waals surface area contributed by atoms with Gasteiger partial charge >= 0.3 is 5.97 Å². The van der Waals surface area contributed by atoms with Crippen molar-refractivity contribution in [2.24, 2.45) is 0 Å². The van der Waals surface area contributed by atoms with Crippen molar-refractivity contribution < 1.29 is 19.7 Å². The monoisotopic (exact) mass is 150 g/mol. The van der Waals surface area contributed by atoms with Crippen LogP contribution in [0.1, 0.15) is 13.8 Å². The third-order valence-electron chi connectivity index (χ3n) is 0.940. The van der Waals surface area contributed by atoms with E-state index in [0.717, 1.165) is 0 Å². The van der Waals surface area contributed by atoms with Crippen LogP contribution in [0.3, 0.4) is 0 Å². The first-order chi connectivity index (χ1) is 4.68. The first kappa shape index (κ1) is 9.84. The number of aliphatic hydroxyl groups is 2. The molecule has 0 aromatic carbocycles. The van der Waals surface area contributed by atoms with Crippen molar-refractivity contribution >= 4 is 0 Å². The van der Waals surface area contributed by atoms with Crippen molar-refractivity contribution in [2.45, 2.75) is 19.8 Å². The van der Waals surface area contributed by atoms with Crippen LogP contribution in [0.25, 0.3) is 0 Å². The van der Waals surface area contributed by atoms with Gasteiger partial charge in [0.15, 0.2) is 0 Å². The number of ether oxygens (including phenoxy) is 2. The van der Waals surface area contributed by atoms with Crippen LogP contribution in [0.5, 0.6) is 0 Å². The Hall–Kier alpha value is -0.160. The minimum atomic E-state index is -1.80. The van der Waals surface area contributed by atoms with E-state index in [-0.39, 0.29) is 0 Å². The third-order valence-corrected chi connectivity index (χ3v) is 0.940. The molecule has 0 aliphatic carbocycles. The molecule has 0 heterocycles. The molecule has 0 bridgehead atoms. The molecule has 0 saturated carbocycles. The molecule has 0 spiro atoms. The van der Waals surface area contributed by atoms with Crippen LogP contribution < -0.4 is 0 Å². The van der Waals surface area contributed by atoms with E-state index in [1.807, 2.05) is 0 Å². The van der Waals surface area contributed by atoms with Gasteiger partial charge in [-0.05, 0) is 13.8 Å². The molecule has 0 unspecified atom stereocenters. The molecular formula is C6H14O4. The van der Waals surface area contributed by atoms with Crippen LogP contribution in [0.2, 0.25) is 0 Å². The third kappa shape index (κ3) is 3.12. The Balaban J connectivity index is 3.69. The van der Waals surface area contributed by atoms with E-state index in [9.17, 15) is 0 Å². The Bertz CT molecular complexity index is 77.8. The van der Waals surface area contributed by atoms with E-state index in [0.29, 0.717) is 13.2 Å². The van der Waals surface area contributed by atoms with Crippen LogP contribution in [-0.4, -0.2) is 36.0 Å². The minimum absolute atomic E-state index is 0.303. The molecule has 2 N–H and O–H groups in total. The highest BCUT2D eigenvalue weighted by atomic mass is 16.8. The first-order valence-corrected chi connectivity index (χ1v) is 3.29. The summed E-state index contributed by atoms with van der Waals surface area (Å²) < 4.78 is 9.40. The number of aliphatic hydroxyl groups excluding tert-OH is 1. The van der Waals surface area contributed by atoms with Gasteiger partial charge in [0.1, 0.15) is 6.61 Å². The zero-order chi connectivity index (χ0) is 8.04. The van der Waals surface area contributed by atoms with Crippen LogP contribution in [0.4, 0.5) is 0 Å². The molecule has 0 atom stereocenters. The molecule has 0 fully saturated rings. The Labute approximate surface area is 60.4 Å². The maximum atomic E-state index is 9.13. The first-order valence-electron chi connectivity index (χ1n) is 3.29. The Morgan fingerprint density at radius 3 is 1.80 bits per heavy atom. The van der Waals surface area contributed by atoms with E-state index in [2.05, 4.69) is 0 Å². The lowest BCUT2D eigenvalue weighted by Gasteiger charge is -2.24. The van der Waals surface area contributed by atoms with Gasteiger partial charge in [-0.2, -0.15) is 0 Å². The summed E-state index contributed by atoms with van der Waals surface area (Å²) in [5.74, 6) is -1.80. The summed E-state index contributed by atoms with van der Waals surface area (Å²) in [7, 11) is 0. The van der Waals surface area contributed by atoms with Crippen LogP contribution in [0.15, 0.2) is 0 Å². The van der Waals surface area contributed by atoms with Gasteiger partial charge in [0.2, 0.25) is 0 Å². The molecule has 10 heavy (non-hydrogen) atoms. The zero-order valence-corrected chi connectivity index (χ0v) is 6.33. The molecule has 4 nitrogen and oxygen atoms in total. The van der Waals surface area contributed by atoms with Gasteiger partial charge in [-0.15, -0.1) is 0 Å². The van der Waals surface area contributed by atoms with Gasteiger partial charge in [-0.25, -0.2) is 0 Å². The standard InChI is InChI=1S/C6H14O4/c1-3-9-6(8,5-7)10-4-2/h7-8H,3-5H2,1-2H3. The van der Waals surface area contributed by atoms with E-state index in [1.54, 1.807) is 13.8 Å². The van der Waals surface area contributed by atoms with Crippen LogP contribution in [0, 0.1) is 0 Å². The van der Waals surface area contributed by atoms with Crippen LogP contribution in [-0.2, 0) is 9.47 Å². The molecule has 0 aliphatic heterocycles. The Morgan fingerprint density at radius 1 is 1.20 bits per heavy atom. The van der Waals surface area contributed by atoms with E-state index >= 15 is 0 Å². The second-order valence-corrected chi connectivity index (χ2v) is 1.74. The summed E-state index contributed by atoms with van der Waals surface area (Å²) in [6.45, 7) is 3.47. The zero-order valence-electron chi connectivity index (χ0n) is 6.33. The lowest BCUT2D eigenvalue weighted by Crippen LogP contribution is -2.39. The van der Waals surface area contributed by atoms with Crippen molar-refractivity contribution in [2.75, 3.05) is 19.8 Å². The molecule has 0 amide bonds. The maximum absolute atomic E-state index is 9.13. The predicted octanol–water partition coefficient (Wildman–Crippen LogP) is -0.302. The second-order valence-electron chi connectivity index (χ2n) is 1.74. The average Bonchev–Trinajstić information content (AvgIpc) is 1.89. The van der Waals surface area contributed by atoms with E-state index < -0.39 is 12.6 Å². The molecule has 62 valence electrons. The van der Waals surface area contributed by atoms with Crippen molar-refractivity contribution in [3.8, 4) is 0 Å². The van der Waals surface area contributed by atoms with Gasteiger partial charge < -0.3 is 19.7 Å². The molecule has 0 radical (unpaired) electrons. The predicted molar refractivity (Wildman–Crippen MR) is 35.3 cm³/mol. The lowest BCUT2D eigenvalue weighted by molar-refractivity contribution is -0.369. The van der Waals surface area contributed by atoms with Gasteiger partial charge in [0.25, 0.3) is 0 Å². The molecule has 0 aromatic heterocycles. The van der Waals surface area contributed by atoms with Crippen LogP contribution >= 0.6 is 0 Å². The number of hydrogen-bond acceptors (Lipinski definition) is 4. The maximum Gasteiger partial charge on any atom is 0.305 e. The largest absolute Gasteiger partial charge is 0.388 e. The highest BCUT2D eigenvalue weighted by Gasteiger charge is 2.26. The smallest absolute Gasteiger partial charge is 0.305 e. The normalized spacial score (nSPS) is 12.0. The minimum Gasteiger partial charge on any atom is -0.388 e. The van der Waals surface area contributed by atoms with Gasteiger partial charge in [0.05, 0.1) is 0 Å². The molecule has 0 aliphatic rings. The molecule has 0 aromatic rings. The van der Waals surface area contributed by atoms with Crippen molar-refractivity contribution in [3.63, 3.8) is 0 Å². The quantitative estimate of drug-likeness (QED) is 0.528. The van der Waals surface area contributed by atoms with Gasteiger partial charge in [-0.1, -0.05) is 0 Å². The Morgan fingerprint density at radius 2 is 1.60 bits per heavy atom. The second kappa shape index (κ2) is 4.62. The molecule has 4 heteroatoms. The molecule has 0 rings (SSSR count). The van der Waals surface area contributed by atoms with Crippen molar-refractivity contribution in [1.82, 2.24) is 0 Å². The summed E-state index contributed by atoms with van der Waals surface area (Å²) in [5.41, 5.74) is 0. The van der Waals surface area contributed by atoms with Gasteiger partial charge in [-0.3, -0.25) is 0 Å². The van der Waals surface area contributed by atoms with Crippen molar-refractivity contribution in [3.05, 3.63) is 0 Å². The molecular weight excluding hydrogens is 136 g/mol. The van der Waals surface area contributed by atoms with Gasteiger partial charge in [0, 0.05) is 13.2 Å². The summed E-state index contributed by atoms with van der Waals surface area (Å²) >= 11 is 0. The number of hydrogen-bond donors (Lipinski definition) is 2. The van der Waals surface area contributed by atoms with E-state index in [1.165, 1.54) is 0 Å². The highest BCUT2D eigenvalue weighted by molar-refractivity contribution is 4.48. The topological polar surface area (TPSA) is 58.9 Å². The van der Waals surface area contributed by atoms with Crippen molar-refractivity contribution in [1.29, 1.82) is 0 Å².